The minimum absolute atomic E-state index is 0.134. The Bertz CT molecular complexity index is 943. The summed E-state index contributed by atoms with van der Waals surface area (Å²) in [5, 5.41) is 14.6. The van der Waals surface area contributed by atoms with E-state index in [9.17, 15) is 9.59 Å². The van der Waals surface area contributed by atoms with E-state index in [1.165, 1.54) is 0 Å². The Hall–Kier alpha value is -2.87. The average Bonchev–Trinajstić information content (AvgIpc) is 2.70. The van der Waals surface area contributed by atoms with Crippen molar-refractivity contribution in [2.45, 2.75) is 46.6 Å². The fourth-order valence-corrected chi connectivity index (χ4v) is 3.23. The van der Waals surface area contributed by atoms with Gasteiger partial charge in [0.1, 0.15) is 11.3 Å². The summed E-state index contributed by atoms with van der Waals surface area (Å²) in [4.78, 5) is 33.1. The van der Waals surface area contributed by atoms with Gasteiger partial charge in [0, 0.05) is 30.5 Å². The summed E-state index contributed by atoms with van der Waals surface area (Å²) >= 11 is 0. The number of piperidine rings is 1. The molecule has 0 saturated carbocycles. The van der Waals surface area contributed by atoms with Crippen LogP contribution in [0.4, 0.5) is 0 Å². The summed E-state index contributed by atoms with van der Waals surface area (Å²) in [5.41, 5.74) is 1.63. The Morgan fingerprint density at radius 1 is 1.27 bits per heavy atom. The zero-order chi connectivity index (χ0) is 22.3. The molecule has 1 atom stereocenters. The monoisotopic (exact) mass is 418 g/mol. The summed E-state index contributed by atoms with van der Waals surface area (Å²) in [5.74, 6) is 0.0622. The summed E-state index contributed by atoms with van der Waals surface area (Å²) in [7, 11) is 0. The predicted molar refractivity (Wildman–Crippen MR) is 114 cm³/mol. The number of fused-ring (bicyclic) bond motifs is 1. The van der Waals surface area contributed by atoms with Crippen LogP contribution in [0.5, 0.6) is 5.75 Å². The highest BCUT2D eigenvalue weighted by Gasteiger charge is 2.18. The summed E-state index contributed by atoms with van der Waals surface area (Å²) in [6.07, 6.45) is 1.54. The van der Waals surface area contributed by atoms with Gasteiger partial charge in [-0.15, -0.1) is 0 Å². The Kier molecular flexibility index (Phi) is 8.41. The molecule has 1 aromatic heterocycles. The number of ether oxygens (including phenoxy) is 1. The van der Waals surface area contributed by atoms with Gasteiger partial charge in [0.15, 0.2) is 6.10 Å². The molecule has 3 rings (SSSR count). The minimum atomic E-state index is -0.833. The van der Waals surface area contributed by atoms with Crippen molar-refractivity contribution in [3.8, 4) is 5.75 Å². The Morgan fingerprint density at radius 2 is 1.90 bits per heavy atom. The molecule has 2 aromatic rings. The molecule has 0 radical (unpaired) electrons. The number of carbonyl (C=O) groups excluding carboxylic acids is 1. The van der Waals surface area contributed by atoms with E-state index in [4.69, 9.17) is 19.1 Å². The average molecular weight is 418 g/mol. The summed E-state index contributed by atoms with van der Waals surface area (Å²) < 4.78 is 11.1. The Balaban J connectivity index is 0.000000735. The molecule has 0 bridgehead atoms. The van der Waals surface area contributed by atoms with Gasteiger partial charge < -0.3 is 24.9 Å². The van der Waals surface area contributed by atoms with Gasteiger partial charge in [-0.25, -0.2) is 4.79 Å². The maximum absolute atomic E-state index is 12.3. The zero-order valence-electron chi connectivity index (χ0n) is 17.9. The third-order valence-electron chi connectivity index (χ3n) is 5.13. The molecule has 1 aromatic carbocycles. The van der Waals surface area contributed by atoms with Gasteiger partial charge in [-0.1, -0.05) is 0 Å². The second-order valence-electron chi connectivity index (χ2n) is 7.52. The van der Waals surface area contributed by atoms with Crippen LogP contribution in [0.3, 0.4) is 0 Å². The van der Waals surface area contributed by atoms with E-state index in [1.54, 1.807) is 26.0 Å². The molecule has 0 aliphatic carbocycles. The van der Waals surface area contributed by atoms with Crippen molar-refractivity contribution >= 4 is 22.8 Å². The standard InChI is InChI=1S/C20H26N2O4.C2H4O2/c1-12-13(2)20(24)26-18-10-16(4-5-17(12)18)25-14(3)19(23)22-11-15-6-8-21-9-7-15;1-2(3)4/h4-5,10,14-15,21H,6-9,11H2,1-3H3,(H,22,23);1H3,(H,3,4). The molecule has 8 nitrogen and oxygen atoms in total. The Labute approximate surface area is 175 Å². The third-order valence-corrected chi connectivity index (χ3v) is 5.13. The van der Waals surface area contributed by atoms with Gasteiger partial charge in [-0.05, 0) is 70.3 Å². The molecule has 1 saturated heterocycles. The molecule has 1 aliphatic heterocycles. The number of carboxylic acid groups (broad SMARTS) is 1. The van der Waals surface area contributed by atoms with Crippen LogP contribution in [-0.4, -0.2) is 42.7 Å². The number of hydrogen-bond donors (Lipinski definition) is 3. The molecule has 1 amide bonds. The van der Waals surface area contributed by atoms with E-state index < -0.39 is 12.1 Å². The van der Waals surface area contributed by atoms with Crippen molar-refractivity contribution in [3.05, 3.63) is 39.7 Å². The van der Waals surface area contributed by atoms with Crippen molar-refractivity contribution in [3.63, 3.8) is 0 Å². The fourth-order valence-electron chi connectivity index (χ4n) is 3.23. The summed E-state index contributed by atoms with van der Waals surface area (Å²) in [6, 6.07) is 5.32. The lowest BCUT2D eigenvalue weighted by atomic mass is 9.98. The molecule has 2 heterocycles. The molecule has 3 N–H and O–H groups in total. The molecule has 1 unspecified atom stereocenters. The zero-order valence-corrected chi connectivity index (χ0v) is 17.9. The van der Waals surface area contributed by atoms with E-state index in [2.05, 4.69) is 10.6 Å². The van der Waals surface area contributed by atoms with Gasteiger partial charge in [-0.3, -0.25) is 9.59 Å². The van der Waals surface area contributed by atoms with E-state index in [1.807, 2.05) is 13.0 Å². The lowest BCUT2D eigenvalue weighted by Gasteiger charge is -2.23. The van der Waals surface area contributed by atoms with Crippen molar-refractivity contribution in [2.24, 2.45) is 5.92 Å². The normalized spacial score (nSPS) is 15.1. The van der Waals surface area contributed by atoms with Gasteiger partial charge >= 0.3 is 5.63 Å². The van der Waals surface area contributed by atoms with Crippen LogP contribution in [0.25, 0.3) is 11.0 Å². The number of benzene rings is 1. The van der Waals surface area contributed by atoms with Gasteiger partial charge in [-0.2, -0.15) is 0 Å². The first-order valence-corrected chi connectivity index (χ1v) is 10.1. The van der Waals surface area contributed by atoms with Crippen molar-refractivity contribution in [1.29, 1.82) is 0 Å². The summed E-state index contributed by atoms with van der Waals surface area (Å²) in [6.45, 7) is 9.14. The van der Waals surface area contributed by atoms with E-state index >= 15 is 0 Å². The number of nitrogens with one attached hydrogen (secondary N) is 2. The molecule has 1 aliphatic rings. The number of carbonyl (C=O) groups is 2. The smallest absolute Gasteiger partial charge is 0.339 e. The van der Waals surface area contributed by atoms with Crippen LogP contribution in [0.15, 0.2) is 27.4 Å². The largest absolute Gasteiger partial charge is 0.481 e. The van der Waals surface area contributed by atoms with Crippen molar-refractivity contribution in [1.82, 2.24) is 10.6 Å². The first-order valence-electron chi connectivity index (χ1n) is 10.1. The first kappa shape index (κ1) is 23.4. The quantitative estimate of drug-likeness (QED) is 0.638. The SMILES string of the molecule is CC(=O)O.Cc1c(C)c2ccc(OC(C)C(=O)NCC3CCNCC3)cc2oc1=O. The van der Waals surface area contributed by atoms with Crippen LogP contribution in [0.1, 0.15) is 37.8 Å². The number of amides is 1. The van der Waals surface area contributed by atoms with Crippen LogP contribution in [0.2, 0.25) is 0 Å². The third kappa shape index (κ3) is 6.59. The van der Waals surface area contributed by atoms with Crippen molar-refractivity contribution < 1.29 is 23.8 Å². The molecule has 1 fully saturated rings. The molecule has 164 valence electrons. The second-order valence-corrected chi connectivity index (χ2v) is 7.52. The molecular formula is C22H30N2O6. The number of aryl methyl sites for hydroxylation is 1. The maximum atomic E-state index is 12.3. The first-order chi connectivity index (χ1) is 14.2. The maximum Gasteiger partial charge on any atom is 0.339 e. The highest BCUT2D eigenvalue weighted by Crippen LogP contribution is 2.24. The highest BCUT2D eigenvalue weighted by molar-refractivity contribution is 5.83. The Morgan fingerprint density at radius 3 is 2.53 bits per heavy atom. The lowest BCUT2D eigenvalue weighted by molar-refractivity contribution is -0.134. The number of rotatable bonds is 5. The van der Waals surface area contributed by atoms with E-state index in [0.29, 0.717) is 29.4 Å². The number of hydrogen-bond acceptors (Lipinski definition) is 6. The number of aliphatic carboxylic acids is 1. The molecule has 30 heavy (non-hydrogen) atoms. The van der Waals surface area contributed by atoms with Crippen LogP contribution >= 0.6 is 0 Å². The molecular weight excluding hydrogens is 388 g/mol. The van der Waals surface area contributed by atoms with Gasteiger partial charge in [0.25, 0.3) is 11.9 Å². The van der Waals surface area contributed by atoms with Gasteiger partial charge in [0.05, 0.1) is 0 Å². The predicted octanol–water partition coefficient (Wildman–Crippen LogP) is 2.38. The van der Waals surface area contributed by atoms with Crippen LogP contribution in [-0.2, 0) is 9.59 Å². The van der Waals surface area contributed by atoms with Crippen LogP contribution < -0.4 is 21.0 Å². The number of carboxylic acids is 1. The van der Waals surface area contributed by atoms with E-state index in [-0.39, 0.29) is 11.5 Å². The topological polar surface area (TPSA) is 118 Å². The van der Waals surface area contributed by atoms with Crippen molar-refractivity contribution in [2.75, 3.05) is 19.6 Å². The molecule has 0 spiro atoms. The minimum Gasteiger partial charge on any atom is -0.481 e. The lowest BCUT2D eigenvalue weighted by Crippen LogP contribution is -2.41. The van der Waals surface area contributed by atoms with E-state index in [0.717, 1.165) is 43.8 Å². The van der Waals surface area contributed by atoms with Crippen LogP contribution in [0, 0.1) is 19.8 Å². The molecule has 8 heteroatoms. The second kappa shape index (κ2) is 10.8. The highest BCUT2D eigenvalue weighted by atomic mass is 16.5. The van der Waals surface area contributed by atoms with Gasteiger partial charge in [0.2, 0.25) is 0 Å². The fraction of sp³-hybridized carbons (Fsp3) is 0.500.